The van der Waals surface area contributed by atoms with Crippen molar-refractivity contribution >= 4 is 11.6 Å². The van der Waals surface area contributed by atoms with Crippen LogP contribution in [0.15, 0.2) is 57.9 Å². The van der Waals surface area contributed by atoms with Gasteiger partial charge in [0, 0.05) is 24.0 Å². The Morgan fingerprint density at radius 2 is 1.62 bits per heavy atom. The minimum atomic E-state index is -0.519. The summed E-state index contributed by atoms with van der Waals surface area (Å²) in [6, 6.07) is 7.20. The van der Waals surface area contributed by atoms with Gasteiger partial charge in [-0.05, 0) is 31.5 Å². The van der Waals surface area contributed by atoms with Gasteiger partial charge < -0.3 is 9.13 Å². The summed E-state index contributed by atoms with van der Waals surface area (Å²) >= 11 is 5.82. The van der Waals surface area contributed by atoms with Crippen LogP contribution in [0.4, 0.5) is 0 Å². The second-order valence-corrected chi connectivity index (χ2v) is 5.53. The predicted molar refractivity (Wildman–Crippen MR) is 84.9 cm³/mol. The summed E-state index contributed by atoms with van der Waals surface area (Å²) in [6.45, 7) is 4.67. The van der Waals surface area contributed by atoms with Crippen LogP contribution in [0.25, 0.3) is 0 Å². The van der Waals surface area contributed by atoms with Crippen LogP contribution in [0.2, 0.25) is 5.02 Å². The molecular formula is C16H17ClN2O2. The maximum Gasteiger partial charge on any atom is 0.316 e. The molecule has 0 fully saturated rings. The first-order valence-electron chi connectivity index (χ1n) is 6.65. The molecule has 0 unspecified atom stereocenters. The van der Waals surface area contributed by atoms with Crippen molar-refractivity contribution in [1.82, 2.24) is 9.13 Å². The van der Waals surface area contributed by atoms with Crippen LogP contribution in [0.5, 0.6) is 0 Å². The van der Waals surface area contributed by atoms with Crippen molar-refractivity contribution in [3.05, 3.63) is 79.6 Å². The summed E-state index contributed by atoms with van der Waals surface area (Å²) in [5, 5.41) is 0.642. The van der Waals surface area contributed by atoms with E-state index in [0.29, 0.717) is 18.1 Å². The quantitative estimate of drug-likeness (QED) is 0.644. The van der Waals surface area contributed by atoms with Gasteiger partial charge in [-0.1, -0.05) is 35.4 Å². The summed E-state index contributed by atoms with van der Waals surface area (Å²) < 4.78 is 2.82. The highest BCUT2D eigenvalue weighted by Gasteiger charge is 2.05. The fourth-order valence-electron chi connectivity index (χ4n) is 1.88. The molecule has 0 bridgehead atoms. The Morgan fingerprint density at radius 1 is 1.05 bits per heavy atom. The summed E-state index contributed by atoms with van der Waals surface area (Å²) in [7, 11) is 0. The van der Waals surface area contributed by atoms with Crippen LogP contribution in [-0.2, 0) is 13.1 Å². The van der Waals surface area contributed by atoms with Gasteiger partial charge in [0.05, 0.1) is 6.54 Å². The average molecular weight is 305 g/mol. The lowest BCUT2D eigenvalue weighted by Crippen LogP contribution is -2.40. The third-order valence-electron chi connectivity index (χ3n) is 3.09. The fourth-order valence-corrected chi connectivity index (χ4v) is 2.00. The number of benzene rings is 1. The van der Waals surface area contributed by atoms with E-state index in [1.165, 1.54) is 9.13 Å². The van der Waals surface area contributed by atoms with E-state index < -0.39 is 11.1 Å². The molecule has 110 valence electrons. The van der Waals surface area contributed by atoms with Crippen molar-refractivity contribution in [1.29, 1.82) is 0 Å². The molecule has 0 radical (unpaired) electrons. The first-order valence-corrected chi connectivity index (χ1v) is 7.03. The van der Waals surface area contributed by atoms with Gasteiger partial charge in [0.25, 0.3) is 0 Å². The van der Waals surface area contributed by atoms with E-state index in [9.17, 15) is 9.59 Å². The monoisotopic (exact) mass is 304 g/mol. The third kappa shape index (κ3) is 3.95. The summed E-state index contributed by atoms with van der Waals surface area (Å²) in [5.74, 6) is 0. The molecule has 0 saturated heterocycles. The van der Waals surface area contributed by atoms with Crippen LogP contribution >= 0.6 is 11.6 Å². The van der Waals surface area contributed by atoms with E-state index >= 15 is 0 Å². The van der Waals surface area contributed by atoms with Gasteiger partial charge in [0.1, 0.15) is 0 Å². The first kappa shape index (κ1) is 15.3. The summed E-state index contributed by atoms with van der Waals surface area (Å²) in [4.78, 5) is 24.1. The van der Waals surface area contributed by atoms with E-state index in [1.807, 2.05) is 32.1 Å². The number of aromatic nitrogens is 2. The number of nitrogens with zero attached hydrogens (tertiary/aromatic N) is 2. The zero-order valence-corrected chi connectivity index (χ0v) is 12.8. The molecule has 0 N–H and O–H groups in total. The first-order chi connectivity index (χ1) is 9.97. The topological polar surface area (TPSA) is 44.0 Å². The number of hydrogen-bond acceptors (Lipinski definition) is 2. The molecule has 0 aliphatic rings. The van der Waals surface area contributed by atoms with Gasteiger partial charge in [0.15, 0.2) is 0 Å². The fraction of sp³-hybridized carbons (Fsp3) is 0.250. The van der Waals surface area contributed by atoms with Gasteiger partial charge in [-0.2, -0.15) is 0 Å². The van der Waals surface area contributed by atoms with Crippen LogP contribution in [-0.4, -0.2) is 9.13 Å². The maximum atomic E-state index is 12.1. The molecule has 1 aromatic carbocycles. The highest BCUT2D eigenvalue weighted by Crippen LogP contribution is 2.09. The molecule has 21 heavy (non-hydrogen) atoms. The number of allylic oxidation sites excluding steroid dienone is 2. The molecule has 0 aliphatic carbocycles. The lowest BCUT2D eigenvalue weighted by Gasteiger charge is -2.08. The normalized spacial score (nSPS) is 10.4. The Kier molecular flexibility index (Phi) is 4.81. The van der Waals surface area contributed by atoms with E-state index in [1.54, 1.807) is 24.5 Å². The second-order valence-electron chi connectivity index (χ2n) is 5.10. The highest BCUT2D eigenvalue weighted by atomic mass is 35.5. The lowest BCUT2D eigenvalue weighted by atomic mass is 10.2. The summed E-state index contributed by atoms with van der Waals surface area (Å²) in [6.07, 6.45) is 5.18. The van der Waals surface area contributed by atoms with E-state index in [0.717, 1.165) is 11.1 Å². The van der Waals surface area contributed by atoms with Crippen molar-refractivity contribution in [2.24, 2.45) is 0 Å². The number of halogens is 1. The van der Waals surface area contributed by atoms with Crippen molar-refractivity contribution in [2.45, 2.75) is 26.9 Å². The zero-order chi connectivity index (χ0) is 15.4. The Labute approximate surface area is 127 Å². The molecule has 4 nitrogen and oxygen atoms in total. The van der Waals surface area contributed by atoms with Crippen molar-refractivity contribution in [3.8, 4) is 0 Å². The predicted octanol–water partition coefficient (Wildman–Crippen LogP) is 2.68. The second kappa shape index (κ2) is 6.59. The molecule has 1 heterocycles. The Hall–Kier alpha value is -2.07. The number of hydrogen-bond donors (Lipinski definition) is 0. The maximum absolute atomic E-state index is 12.1. The standard InChI is InChI=1S/C16H17ClN2O2/c1-12(2)7-8-18-9-10-19(16(21)15(18)20)11-13-3-5-14(17)6-4-13/h3-7,9-10H,8,11H2,1-2H3. The minimum absolute atomic E-state index is 0.356. The van der Waals surface area contributed by atoms with Crippen LogP contribution in [0, 0.1) is 0 Å². The van der Waals surface area contributed by atoms with Crippen LogP contribution in [0.1, 0.15) is 19.4 Å². The smallest absolute Gasteiger partial charge is 0.306 e. The van der Waals surface area contributed by atoms with E-state index in [4.69, 9.17) is 11.6 Å². The number of rotatable bonds is 4. The molecule has 1 aromatic heterocycles. The SMILES string of the molecule is CC(C)=CCn1ccn(Cc2ccc(Cl)cc2)c(=O)c1=O. The minimum Gasteiger partial charge on any atom is -0.306 e. The third-order valence-corrected chi connectivity index (χ3v) is 3.35. The molecule has 0 atom stereocenters. The Morgan fingerprint density at radius 3 is 2.24 bits per heavy atom. The van der Waals surface area contributed by atoms with Gasteiger partial charge >= 0.3 is 11.1 Å². The molecule has 5 heteroatoms. The van der Waals surface area contributed by atoms with Crippen molar-refractivity contribution in [2.75, 3.05) is 0 Å². The molecule has 0 aliphatic heterocycles. The lowest BCUT2D eigenvalue weighted by molar-refractivity contribution is 0.671. The molecule has 0 saturated carbocycles. The molecule has 0 amide bonds. The average Bonchev–Trinajstić information content (AvgIpc) is 2.45. The van der Waals surface area contributed by atoms with Crippen molar-refractivity contribution in [3.63, 3.8) is 0 Å². The Bertz CT molecular complexity index is 766. The summed E-state index contributed by atoms with van der Waals surface area (Å²) in [5.41, 5.74) is 0.994. The largest absolute Gasteiger partial charge is 0.316 e. The Balaban J connectivity index is 2.28. The van der Waals surface area contributed by atoms with Crippen LogP contribution < -0.4 is 11.1 Å². The van der Waals surface area contributed by atoms with Gasteiger partial charge in [-0.15, -0.1) is 0 Å². The van der Waals surface area contributed by atoms with Gasteiger partial charge in [-0.25, -0.2) is 0 Å². The molecular weight excluding hydrogens is 288 g/mol. The van der Waals surface area contributed by atoms with Gasteiger partial charge in [0.2, 0.25) is 0 Å². The highest BCUT2D eigenvalue weighted by molar-refractivity contribution is 6.30. The van der Waals surface area contributed by atoms with Crippen LogP contribution in [0.3, 0.4) is 0 Å². The molecule has 2 rings (SSSR count). The van der Waals surface area contributed by atoms with Crippen molar-refractivity contribution < 1.29 is 0 Å². The van der Waals surface area contributed by atoms with E-state index in [-0.39, 0.29) is 0 Å². The molecule has 0 spiro atoms. The molecule has 2 aromatic rings. The zero-order valence-electron chi connectivity index (χ0n) is 12.0. The van der Waals surface area contributed by atoms with E-state index in [2.05, 4.69) is 0 Å². The van der Waals surface area contributed by atoms with Gasteiger partial charge in [-0.3, -0.25) is 9.59 Å².